The topological polar surface area (TPSA) is 59.7 Å². The lowest BCUT2D eigenvalue weighted by Crippen LogP contribution is -2.36. The molecular weight excluding hydrogens is 276 g/mol. The molecule has 4 rings (SSSR count). The molecule has 1 fully saturated rings. The van der Waals surface area contributed by atoms with E-state index < -0.39 is 0 Å². The molecule has 0 unspecified atom stereocenters. The molecule has 0 atom stereocenters. The first-order valence-electron chi connectivity index (χ1n) is 8.28. The molecule has 22 heavy (non-hydrogen) atoms. The third-order valence-electron chi connectivity index (χ3n) is 4.85. The van der Waals surface area contributed by atoms with Crippen LogP contribution in [0.3, 0.4) is 0 Å². The maximum Gasteiger partial charge on any atom is 0.135 e. The fraction of sp³-hybridized carbons (Fsp3) is 0.625. The molecule has 1 aliphatic carbocycles. The van der Waals surface area contributed by atoms with Crippen molar-refractivity contribution in [2.75, 3.05) is 18.0 Å². The summed E-state index contributed by atoms with van der Waals surface area (Å²) in [7, 11) is 0. The molecule has 6 heteroatoms. The van der Waals surface area contributed by atoms with Gasteiger partial charge in [0.15, 0.2) is 0 Å². The highest BCUT2D eigenvalue weighted by Gasteiger charge is 2.26. The Labute approximate surface area is 130 Å². The maximum atomic E-state index is 4.78. The summed E-state index contributed by atoms with van der Waals surface area (Å²) in [6.07, 6.45) is 10.7. The van der Waals surface area contributed by atoms with E-state index in [0.29, 0.717) is 6.04 Å². The number of aryl methyl sites for hydroxylation is 2. The Hall–Kier alpha value is -1.98. The van der Waals surface area contributed by atoms with Crippen molar-refractivity contribution in [1.82, 2.24) is 25.0 Å². The summed E-state index contributed by atoms with van der Waals surface area (Å²) in [5, 5.41) is 8.07. The molecule has 2 aromatic heterocycles. The van der Waals surface area contributed by atoms with Crippen LogP contribution in [0.4, 0.5) is 5.82 Å². The summed E-state index contributed by atoms with van der Waals surface area (Å²) in [5.74, 6) is 2.10. The van der Waals surface area contributed by atoms with Crippen molar-refractivity contribution in [3.63, 3.8) is 0 Å². The molecule has 0 N–H and O–H groups in total. The van der Waals surface area contributed by atoms with Crippen LogP contribution in [0.15, 0.2) is 12.4 Å². The van der Waals surface area contributed by atoms with Crippen LogP contribution in [0, 0.1) is 6.92 Å². The van der Waals surface area contributed by atoms with Gasteiger partial charge in [-0.1, -0.05) is 5.21 Å². The van der Waals surface area contributed by atoms with Gasteiger partial charge >= 0.3 is 0 Å². The Morgan fingerprint density at radius 1 is 1.09 bits per heavy atom. The van der Waals surface area contributed by atoms with Gasteiger partial charge in [-0.3, -0.25) is 0 Å². The second kappa shape index (κ2) is 5.66. The average molecular weight is 298 g/mol. The normalized spacial score (nSPS) is 19.2. The second-order valence-electron chi connectivity index (χ2n) is 6.33. The number of aromatic nitrogens is 5. The first-order chi connectivity index (χ1) is 10.8. The van der Waals surface area contributed by atoms with E-state index >= 15 is 0 Å². The molecule has 1 aliphatic heterocycles. The van der Waals surface area contributed by atoms with Crippen molar-refractivity contribution in [1.29, 1.82) is 0 Å². The zero-order chi connectivity index (χ0) is 14.9. The minimum atomic E-state index is 0.470. The van der Waals surface area contributed by atoms with Gasteiger partial charge in [0.25, 0.3) is 0 Å². The Kier molecular flexibility index (Phi) is 3.52. The fourth-order valence-corrected chi connectivity index (χ4v) is 3.71. The summed E-state index contributed by atoms with van der Waals surface area (Å²) in [4.78, 5) is 11.9. The Bertz CT molecular complexity index is 643. The third kappa shape index (κ3) is 2.46. The summed E-state index contributed by atoms with van der Waals surface area (Å²) in [5.41, 5.74) is 2.68. The lowest BCUT2D eigenvalue weighted by Gasteiger charge is -2.34. The largest absolute Gasteiger partial charge is 0.356 e. The first-order valence-corrected chi connectivity index (χ1v) is 8.28. The van der Waals surface area contributed by atoms with Gasteiger partial charge in [-0.15, -0.1) is 5.10 Å². The van der Waals surface area contributed by atoms with Crippen LogP contribution in [0.25, 0.3) is 0 Å². The van der Waals surface area contributed by atoms with Crippen molar-refractivity contribution < 1.29 is 0 Å². The minimum Gasteiger partial charge on any atom is -0.356 e. The van der Waals surface area contributed by atoms with Gasteiger partial charge in [-0.05, 0) is 45.4 Å². The summed E-state index contributed by atoms with van der Waals surface area (Å²) in [6.45, 7) is 4.08. The van der Waals surface area contributed by atoms with Crippen molar-refractivity contribution in [2.45, 2.75) is 51.5 Å². The molecule has 116 valence electrons. The number of hydrogen-bond donors (Lipinski definition) is 0. The Morgan fingerprint density at radius 3 is 2.68 bits per heavy atom. The zero-order valence-corrected chi connectivity index (χ0v) is 13.1. The minimum absolute atomic E-state index is 0.470. The average Bonchev–Trinajstić information content (AvgIpc) is 3.09. The summed E-state index contributed by atoms with van der Waals surface area (Å²) < 4.78 is 2.00. The van der Waals surface area contributed by atoms with Gasteiger partial charge < -0.3 is 4.90 Å². The predicted molar refractivity (Wildman–Crippen MR) is 83.9 cm³/mol. The van der Waals surface area contributed by atoms with Crippen LogP contribution in [0.2, 0.25) is 0 Å². The van der Waals surface area contributed by atoms with Crippen molar-refractivity contribution in [3.05, 3.63) is 29.5 Å². The summed E-state index contributed by atoms with van der Waals surface area (Å²) >= 11 is 0. The molecule has 0 bridgehead atoms. The van der Waals surface area contributed by atoms with Crippen LogP contribution < -0.4 is 4.90 Å². The molecule has 0 spiro atoms. The Morgan fingerprint density at radius 2 is 1.91 bits per heavy atom. The standard InChI is InChI=1S/C16H22N6/c1-12-18-15-5-3-2-4-14(15)16(19-12)21-9-6-13(7-10-21)22-11-8-17-20-22/h8,11,13H,2-7,9-10H2,1H3. The first kappa shape index (κ1) is 13.7. The quantitative estimate of drug-likeness (QED) is 0.849. The number of anilines is 1. The number of piperidine rings is 1. The van der Waals surface area contributed by atoms with Crippen LogP contribution >= 0.6 is 0 Å². The molecule has 2 aromatic rings. The number of hydrogen-bond acceptors (Lipinski definition) is 5. The van der Waals surface area contributed by atoms with Gasteiger partial charge in [0.05, 0.1) is 12.2 Å². The fourth-order valence-electron chi connectivity index (χ4n) is 3.71. The lowest BCUT2D eigenvalue weighted by atomic mass is 9.95. The van der Waals surface area contributed by atoms with Gasteiger partial charge in [-0.25, -0.2) is 14.6 Å². The van der Waals surface area contributed by atoms with E-state index in [2.05, 4.69) is 20.2 Å². The van der Waals surface area contributed by atoms with E-state index in [1.807, 2.05) is 17.8 Å². The third-order valence-corrected chi connectivity index (χ3v) is 4.85. The van der Waals surface area contributed by atoms with E-state index in [4.69, 9.17) is 4.98 Å². The molecular formula is C16H22N6. The van der Waals surface area contributed by atoms with E-state index in [1.54, 1.807) is 6.20 Å². The van der Waals surface area contributed by atoms with Crippen molar-refractivity contribution >= 4 is 5.82 Å². The van der Waals surface area contributed by atoms with Crippen LogP contribution in [-0.2, 0) is 12.8 Å². The molecule has 0 saturated carbocycles. The highest BCUT2D eigenvalue weighted by molar-refractivity contribution is 5.50. The van der Waals surface area contributed by atoms with Gasteiger partial charge in [0, 0.05) is 30.5 Å². The number of rotatable bonds is 2. The molecule has 0 amide bonds. The number of nitrogens with zero attached hydrogens (tertiary/aromatic N) is 6. The highest BCUT2D eigenvalue weighted by atomic mass is 15.4. The van der Waals surface area contributed by atoms with Crippen LogP contribution in [0.5, 0.6) is 0 Å². The van der Waals surface area contributed by atoms with Gasteiger partial charge in [0.2, 0.25) is 0 Å². The van der Waals surface area contributed by atoms with Crippen LogP contribution in [0.1, 0.15) is 48.8 Å². The Balaban J connectivity index is 1.55. The zero-order valence-electron chi connectivity index (χ0n) is 13.1. The molecule has 0 radical (unpaired) electrons. The molecule has 0 aromatic carbocycles. The molecule has 1 saturated heterocycles. The predicted octanol–water partition coefficient (Wildman–Crippen LogP) is 2.10. The second-order valence-corrected chi connectivity index (χ2v) is 6.33. The lowest BCUT2D eigenvalue weighted by molar-refractivity contribution is 0.358. The maximum absolute atomic E-state index is 4.78. The molecule has 2 aliphatic rings. The van der Waals surface area contributed by atoms with E-state index in [9.17, 15) is 0 Å². The van der Waals surface area contributed by atoms with Crippen molar-refractivity contribution in [3.8, 4) is 0 Å². The van der Waals surface area contributed by atoms with E-state index in [1.165, 1.54) is 29.9 Å². The SMILES string of the molecule is Cc1nc2c(c(N3CCC(n4ccnn4)CC3)n1)CCCC2. The van der Waals surface area contributed by atoms with Crippen LogP contribution in [-0.4, -0.2) is 38.1 Å². The monoisotopic (exact) mass is 298 g/mol. The van der Waals surface area contributed by atoms with Gasteiger partial charge in [0.1, 0.15) is 11.6 Å². The van der Waals surface area contributed by atoms with Crippen molar-refractivity contribution in [2.24, 2.45) is 0 Å². The number of fused-ring (bicyclic) bond motifs is 1. The summed E-state index contributed by atoms with van der Waals surface area (Å²) in [6, 6.07) is 0.470. The van der Waals surface area contributed by atoms with E-state index in [-0.39, 0.29) is 0 Å². The van der Waals surface area contributed by atoms with E-state index in [0.717, 1.165) is 44.6 Å². The molecule has 3 heterocycles. The molecule has 6 nitrogen and oxygen atoms in total. The smallest absolute Gasteiger partial charge is 0.135 e. The highest BCUT2D eigenvalue weighted by Crippen LogP contribution is 2.31. The van der Waals surface area contributed by atoms with Gasteiger partial charge in [-0.2, -0.15) is 0 Å².